The molecular weight excluding hydrogens is 410 g/mol. The quantitative estimate of drug-likeness (QED) is 0.497. The smallest absolute Gasteiger partial charge is 0.245 e. The lowest BCUT2D eigenvalue weighted by Gasteiger charge is -2.37. The van der Waals surface area contributed by atoms with E-state index < -0.39 is 16.2 Å². The van der Waals surface area contributed by atoms with Crippen LogP contribution in [0, 0.1) is 6.92 Å². The van der Waals surface area contributed by atoms with Crippen LogP contribution in [0.4, 0.5) is 5.69 Å². The highest BCUT2D eigenvalue weighted by Crippen LogP contribution is 2.37. The summed E-state index contributed by atoms with van der Waals surface area (Å²) >= 11 is 0. The lowest BCUT2D eigenvalue weighted by Crippen LogP contribution is -2.41. The molecule has 0 bridgehead atoms. The minimum atomic E-state index is -3.81. The van der Waals surface area contributed by atoms with Crippen LogP contribution in [0.5, 0.6) is 5.75 Å². The highest BCUT2D eigenvalue weighted by atomic mass is 32.2. The predicted octanol–water partition coefficient (Wildman–Crippen LogP) is 4.56. The number of phenols is 1. The number of nitrogens with zero attached hydrogens (tertiary/aromatic N) is 2. The first kappa shape index (κ1) is 19.5. The molecule has 5 rings (SSSR count). The van der Waals surface area contributed by atoms with Gasteiger partial charge in [0.05, 0.1) is 10.6 Å². The summed E-state index contributed by atoms with van der Waals surface area (Å²) < 4.78 is 28.7. The molecule has 7 heteroatoms. The number of sulfonamides is 1. The van der Waals surface area contributed by atoms with E-state index in [0.717, 1.165) is 22.2 Å². The van der Waals surface area contributed by atoms with Crippen LogP contribution >= 0.6 is 0 Å². The predicted molar refractivity (Wildman–Crippen MR) is 120 cm³/mol. The van der Waals surface area contributed by atoms with Crippen LogP contribution in [0.2, 0.25) is 0 Å². The highest BCUT2D eigenvalue weighted by molar-refractivity contribution is 7.89. The summed E-state index contributed by atoms with van der Waals surface area (Å²) in [5, 5.41) is 14.4. The molecule has 1 aliphatic heterocycles. The van der Waals surface area contributed by atoms with Gasteiger partial charge in [-0.1, -0.05) is 54.1 Å². The van der Waals surface area contributed by atoms with Gasteiger partial charge in [-0.05, 0) is 42.8 Å². The Hall–Kier alpha value is -3.42. The Morgan fingerprint density at radius 3 is 2.55 bits per heavy atom. The topological polar surface area (TPSA) is 82.5 Å². The van der Waals surface area contributed by atoms with E-state index in [-0.39, 0.29) is 17.2 Å². The Morgan fingerprint density at radius 1 is 0.968 bits per heavy atom. The molecule has 0 unspecified atom stereocenters. The second-order valence-electron chi connectivity index (χ2n) is 7.65. The number of anilines is 1. The van der Waals surface area contributed by atoms with Crippen molar-refractivity contribution in [1.82, 2.24) is 9.29 Å². The number of aryl methyl sites for hydroxylation is 1. The number of benzene rings is 3. The van der Waals surface area contributed by atoms with Crippen LogP contribution in [0.25, 0.3) is 10.9 Å². The van der Waals surface area contributed by atoms with Crippen molar-refractivity contribution in [2.75, 3.05) is 5.32 Å². The standard InChI is InChI=1S/C24H21N3O3S/c1-16-9-12-19(13-10-16)31(29,30)27-15-18-5-2-3-7-20(18)26-24(27)21-14-11-17-6-4-8-22(28)23(17)25-21/h2-14,24,26,28H,15H2,1H3/t24-/m1/s1. The van der Waals surface area contributed by atoms with E-state index in [1.807, 2.05) is 43.3 Å². The third-order valence-electron chi connectivity index (χ3n) is 5.55. The molecule has 0 fully saturated rings. The molecular formula is C24H21N3O3S. The Balaban J connectivity index is 1.66. The first-order valence-corrected chi connectivity index (χ1v) is 11.4. The van der Waals surface area contributed by atoms with Crippen molar-refractivity contribution >= 4 is 26.6 Å². The van der Waals surface area contributed by atoms with Gasteiger partial charge in [-0.15, -0.1) is 0 Å². The number of aromatic nitrogens is 1. The fourth-order valence-corrected chi connectivity index (χ4v) is 5.37. The first-order valence-electron chi connectivity index (χ1n) is 9.95. The minimum absolute atomic E-state index is 0.0588. The molecule has 2 heterocycles. The molecule has 1 aromatic heterocycles. The van der Waals surface area contributed by atoms with Crippen LogP contribution < -0.4 is 5.32 Å². The molecule has 1 aliphatic rings. The van der Waals surface area contributed by atoms with Gasteiger partial charge in [0.25, 0.3) is 0 Å². The van der Waals surface area contributed by atoms with Gasteiger partial charge in [0, 0.05) is 17.6 Å². The number of phenolic OH excluding ortho intramolecular Hbond substituents is 1. The van der Waals surface area contributed by atoms with Gasteiger partial charge in [0.2, 0.25) is 10.0 Å². The summed E-state index contributed by atoms with van der Waals surface area (Å²) in [4.78, 5) is 4.85. The first-order chi connectivity index (χ1) is 14.9. The number of rotatable bonds is 3. The third kappa shape index (κ3) is 3.41. The molecule has 2 N–H and O–H groups in total. The zero-order chi connectivity index (χ0) is 21.6. The number of nitrogens with one attached hydrogen (secondary N) is 1. The lowest BCUT2D eigenvalue weighted by molar-refractivity contribution is 0.327. The molecule has 1 atom stereocenters. The van der Waals surface area contributed by atoms with Gasteiger partial charge in [0.15, 0.2) is 0 Å². The Labute approximate surface area is 180 Å². The number of hydrogen-bond acceptors (Lipinski definition) is 5. The number of fused-ring (bicyclic) bond motifs is 2. The molecule has 6 nitrogen and oxygen atoms in total. The van der Waals surface area contributed by atoms with E-state index in [4.69, 9.17) is 0 Å². The van der Waals surface area contributed by atoms with Crippen molar-refractivity contribution in [3.05, 3.63) is 95.7 Å². The molecule has 0 spiro atoms. The van der Waals surface area contributed by atoms with Gasteiger partial charge >= 0.3 is 0 Å². The van der Waals surface area contributed by atoms with Crippen LogP contribution in [-0.4, -0.2) is 22.8 Å². The van der Waals surface area contributed by atoms with Crippen molar-refractivity contribution in [3.8, 4) is 5.75 Å². The van der Waals surface area contributed by atoms with Crippen molar-refractivity contribution in [2.45, 2.75) is 24.5 Å². The molecule has 4 aromatic rings. The van der Waals surface area contributed by atoms with Gasteiger partial charge in [-0.2, -0.15) is 4.31 Å². The number of aromatic hydroxyl groups is 1. The van der Waals surface area contributed by atoms with Crippen LogP contribution in [0.3, 0.4) is 0 Å². The fraction of sp³-hybridized carbons (Fsp3) is 0.125. The largest absolute Gasteiger partial charge is 0.506 e. The lowest BCUT2D eigenvalue weighted by atomic mass is 10.1. The Bertz CT molecular complexity index is 1390. The van der Waals surface area contributed by atoms with E-state index in [1.54, 1.807) is 42.5 Å². The van der Waals surface area contributed by atoms with Crippen molar-refractivity contribution in [3.63, 3.8) is 0 Å². The van der Waals surface area contributed by atoms with E-state index in [1.165, 1.54) is 4.31 Å². The molecule has 0 saturated carbocycles. The fourth-order valence-electron chi connectivity index (χ4n) is 3.87. The normalized spacial score (nSPS) is 16.6. The number of pyridine rings is 1. The van der Waals surface area contributed by atoms with Crippen LogP contribution in [0.1, 0.15) is 23.0 Å². The maximum Gasteiger partial charge on any atom is 0.245 e. The van der Waals surface area contributed by atoms with E-state index >= 15 is 0 Å². The summed E-state index contributed by atoms with van der Waals surface area (Å²) in [6, 6.07) is 23.3. The second kappa shape index (κ2) is 7.37. The maximum atomic E-state index is 13.6. The van der Waals surface area contributed by atoms with E-state index in [2.05, 4.69) is 10.3 Å². The van der Waals surface area contributed by atoms with Gasteiger partial charge < -0.3 is 10.4 Å². The molecule has 0 amide bonds. The average molecular weight is 432 g/mol. The summed E-state index contributed by atoms with van der Waals surface area (Å²) in [6.45, 7) is 2.13. The third-order valence-corrected chi connectivity index (χ3v) is 7.38. The van der Waals surface area contributed by atoms with Gasteiger partial charge in [0.1, 0.15) is 17.4 Å². The SMILES string of the molecule is Cc1ccc(S(=O)(=O)N2Cc3ccccc3N[C@H]2c2ccc3cccc(O)c3n2)cc1. The van der Waals surface area contributed by atoms with Gasteiger partial charge in [-0.25, -0.2) is 13.4 Å². The van der Waals surface area contributed by atoms with Crippen molar-refractivity contribution in [1.29, 1.82) is 0 Å². The monoisotopic (exact) mass is 431 g/mol. The summed E-state index contributed by atoms with van der Waals surface area (Å²) in [6.07, 6.45) is -0.717. The molecule has 31 heavy (non-hydrogen) atoms. The van der Waals surface area contributed by atoms with E-state index in [9.17, 15) is 13.5 Å². The Morgan fingerprint density at radius 2 is 1.74 bits per heavy atom. The minimum Gasteiger partial charge on any atom is -0.506 e. The van der Waals surface area contributed by atoms with Crippen molar-refractivity contribution < 1.29 is 13.5 Å². The van der Waals surface area contributed by atoms with Crippen LogP contribution in [-0.2, 0) is 16.6 Å². The Kier molecular flexibility index (Phi) is 4.64. The second-order valence-corrected chi connectivity index (χ2v) is 9.54. The maximum absolute atomic E-state index is 13.6. The molecule has 3 aromatic carbocycles. The number of para-hydroxylation sites is 2. The molecule has 0 saturated heterocycles. The van der Waals surface area contributed by atoms with E-state index in [0.29, 0.717) is 11.2 Å². The summed E-state index contributed by atoms with van der Waals surface area (Å²) in [5.41, 5.74) is 3.69. The summed E-state index contributed by atoms with van der Waals surface area (Å²) in [7, 11) is -3.81. The zero-order valence-electron chi connectivity index (χ0n) is 16.9. The molecule has 156 valence electrons. The molecule has 0 radical (unpaired) electrons. The van der Waals surface area contributed by atoms with Crippen LogP contribution in [0.15, 0.2) is 83.8 Å². The average Bonchev–Trinajstić information content (AvgIpc) is 2.78. The van der Waals surface area contributed by atoms with Gasteiger partial charge in [-0.3, -0.25) is 0 Å². The molecule has 0 aliphatic carbocycles. The highest BCUT2D eigenvalue weighted by Gasteiger charge is 2.37. The zero-order valence-corrected chi connectivity index (χ0v) is 17.7. The summed E-state index contributed by atoms with van der Waals surface area (Å²) in [5.74, 6) is 0.0588. The number of hydrogen-bond donors (Lipinski definition) is 2. The van der Waals surface area contributed by atoms with Crippen molar-refractivity contribution in [2.24, 2.45) is 0 Å².